The predicted octanol–water partition coefficient (Wildman–Crippen LogP) is 1.07. The quantitative estimate of drug-likeness (QED) is 0.723. The number of aliphatic hydroxyl groups excluding tert-OH is 1. The van der Waals surface area contributed by atoms with Gasteiger partial charge in [-0.15, -0.1) is 0 Å². The van der Waals surface area contributed by atoms with E-state index in [-0.39, 0.29) is 12.5 Å². The first-order chi connectivity index (χ1) is 5.88. The Morgan fingerprint density at radius 3 is 3.00 bits per heavy atom. The summed E-state index contributed by atoms with van der Waals surface area (Å²) in [5, 5.41) is 17.4. The number of hydrogen-bond donors (Lipinski definition) is 1. The average Bonchev–Trinajstić information content (AvgIpc) is 2.15. The summed E-state index contributed by atoms with van der Waals surface area (Å²) >= 11 is 0. The van der Waals surface area contributed by atoms with E-state index in [1.807, 2.05) is 6.07 Å². The van der Waals surface area contributed by atoms with Gasteiger partial charge in [0.1, 0.15) is 0 Å². The highest BCUT2D eigenvalue weighted by molar-refractivity contribution is 5.20. The molecule has 1 unspecified atom stereocenters. The maximum atomic E-state index is 8.72. The van der Waals surface area contributed by atoms with Crippen molar-refractivity contribution >= 4 is 0 Å². The molecule has 1 N–H and O–H groups in total. The molecule has 0 aliphatic heterocycles. The van der Waals surface area contributed by atoms with E-state index in [2.05, 4.69) is 11.1 Å². The molecule has 0 fully saturated rings. The van der Waals surface area contributed by atoms with Crippen molar-refractivity contribution in [2.75, 3.05) is 6.61 Å². The first kappa shape index (κ1) is 8.69. The third kappa shape index (κ3) is 2.04. The summed E-state index contributed by atoms with van der Waals surface area (Å²) < 4.78 is 0. The number of nitriles is 1. The van der Waals surface area contributed by atoms with Gasteiger partial charge in [0.2, 0.25) is 0 Å². The molecule has 62 valence electrons. The Bertz CT molecular complexity index is 266. The number of aliphatic hydroxyl groups is 1. The van der Waals surface area contributed by atoms with Gasteiger partial charge < -0.3 is 5.11 Å². The van der Waals surface area contributed by atoms with Crippen LogP contribution in [0.25, 0.3) is 0 Å². The second kappa shape index (κ2) is 4.47. The molecule has 0 aliphatic rings. The summed E-state index contributed by atoms with van der Waals surface area (Å²) in [5.41, 5.74) is 0.869. The minimum atomic E-state index is -0.233. The van der Waals surface area contributed by atoms with Gasteiger partial charge in [-0.25, -0.2) is 0 Å². The highest BCUT2D eigenvalue weighted by Gasteiger charge is 2.08. The Kier molecular flexibility index (Phi) is 3.24. The molecule has 1 aromatic rings. The molecule has 1 rings (SSSR count). The fraction of sp³-hybridized carbons (Fsp3) is 0.333. The molecule has 0 spiro atoms. The number of pyridine rings is 1. The van der Waals surface area contributed by atoms with E-state index in [0.717, 1.165) is 5.56 Å². The fourth-order valence-electron chi connectivity index (χ4n) is 1.02. The largest absolute Gasteiger partial charge is 0.396 e. The number of aromatic nitrogens is 1. The Morgan fingerprint density at radius 2 is 2.50 bits per heavy atom. The number of rotatable bonds is 3. The van der Waals surface area contributed by atoms with E-state index in [9.17, 15) is 0 Å². The van der Waals surface area contributed by atoms with Crippen LogP contribution in [0.15, 0.2) is 24.5 Å². The molecule has 0 saturated heterocycles. The third-order valence-electron chi connectivity index (χ3n) is 1.66. The van der Waals surface area contributed by atoms with Gasteiger partial charge in [-0.2, -0.15) is 5.26 Å². The summed E-state index contributed by atoms with van der Waals surface area (Å²) in [6.45, 7) is 0.0348. The van der Waals surface area contributed by atoms with Crippen molar-refractivity contribution in [3.63, 3.8) is 0 Å². The average molecular weight is 162 g/mol. The lowest BCUT2D eigenvalue weighted by Crippen LogP contribution is -1.98. The second-order valence-electron chi connectivity index (χ2n) is 2.48. The molecule has 0 saturated carbocycles. The summed E-state index contributed by atoms with van der Waals surface area (Å²) in [5.74, 6) is -0.233. The first-order valence-corrected chi connectivity index (χ1v) is 3.79. The van der Waals surface area contributed by atoms with Crippen LogP contribution in [-0.2, 0) is 0 Å². The van der Waals surface area contributed by atoms with Crippen LogP contribution in [0.4, 0.5) is 0 Å². The van der Waals surface area contributed by atoms with Crippen molar-refractivity contribution in [3.8, 4) is 6.07 Å². The standard InChI is InChI=1S/C9H10N2O/c10-6-8(3-5-12)9-2-1-4-11-7-9/h1-2,4,7-8,12H,3,5H2. The predicted molar refractivity (Wildman–Crippen MR) is 44.3 cm³/mol. The van der Waals surface area contributed by atoms with Crippen molar-refractivity contribution in [1.82, 2.24) is 4.98 Å². The maximum Gasteiger partial charge on any atom is 0.0749 e. The van der Waals surface area contributed by atoms with E-state index in [1.165, 1.54) is 0 Å². The third-order valence-corrected chi connectivity index (χ3v) is 1.66. The van der Waals surface area contributed by atoms with Crippen molar-refractivity contribution in [3.05, 3.63) is 30.1 Å². The molecule has 0 aromatic carbocycles. The Labute approximate surface area is 71.3 Å². The molecule has 0 aliphatic carbocycles. The van der Waals surface area contributed by atoms with Gasteiger partial charge in [-0.3, -0.25) is 4.98 Å². The summed E-state index contributed by atoms with van der Waals surface area (Å²) in [7, 11) is 0. The van der Waals surface area contributed by atoms with Crippen LogP contribution in [0.3, 0.4) is 0 Å². The molecule has 0 amide bonds. The second-order valence-corrected chi connectivity index (χ2v) is 2.48. The van der Waals surface area contributed by atoms with Crippen LogP contribution >= 0.6 is 0 Å². The minimum absolute atomic E-state index is 0.0348. The molecule has 1 heterocycles. The van der Waals surface area contributed by atoms with Gasteiger partial charge in [0.25, 0.3) is 0 Å². The van der Waals surface area contributed by atoms with Crippen molar-refractivity contribution in [2.45, 2.75) is 12.3 Å². The lowest BCUT2D eigenvalue weighted by Gasteiger charge is -2.05. The van der Waals surface area contributed by atoms with Crippen molar-refractivity contribution < 1.29 is 5.11 Å². The van der Waals surface area contributed by atoms with Gasteiger partial charge in [0.15, 0.2) is 0 Å². The highest BCUT2D eigenvalue weighted by Crippen LogP contribution is 2.16. The normalized spacial score (nSPS) is 12.0. The van der Waals surface area contributed by atoms with E-state index in [0.29, 0.717) is 6.42 Å². The number of nitrogens with zero attached hydrogens (tertiary/aromatic N) is 2. The summed E-state index contributed by atoms with van der Waals surface area (Å²) in [6.07, 6.45) is 3.79. The number of hydrogen-bond acceptors (Lipinski definition) is 3. The lowest BCUT2D eigenvalue weighted by atomic mass is 10.00. The summed E-state index contributed by atoms with van der Waals surface area (Å²) in [4.78, 5) is 3.90. The van der Waals surface area contributed by atoms with Crippen LogP contribution in [0.5, 0.6) is 0 Å². The maximum absolute atomic E-state index is 8.72. The summed E-state index contributed by atoms with van der Waals surface area (Å²) in [6, 6.07) is 5.75. The van der Waals surface area contributed by atoms with E-state index >= 15 is 0 Å². The SMILES string of the molecule is N#CC(CCO)c1cccnc1. The Balaban J connectivity index is 2.75. The molecule has 1 atom stereocenters. The molecular formula is C9H10N2O. The molecule has 1 aromatic heterocycles. The monoisotopic (exact) mass is 162 g/mol. The molecule has 3 nitrogen and oxygen atoms in total. The molecule has 12 heavy (non-hydrogen) atoms. The van der Waals surface area contributed by atoms with Gasteiger partial charge in [0, 0.05) is 19.0 Å². The van der Waals surface area contributed by atoms with Crippen LogP contribution in [0, 0.1) is 11.3 Å². The zero-order chi connectivity index (χ0) is 8.81. The van der Waals surface area contributed by atoms with Gasteiger partial charge >= 0.3 is 0 Å². The van der Waals surface area contributed by atoms with Crippen molar-refractivity contribution in [1.29, 1.82) is 5.26 Å². The van der Waals surface area contributed by atoms with Gasteiger partial charge in [-0.1, -0.05) is 6.07 Å². The Hall–Kier alpha value is -1.40. The highest BCUT2D eigenvalue weighted by atomic mass is 16.3. The van der Waals surface area contributed by atoms with E-state index in [1.54, 1.807) is 18.5 Å². The molecular weight excluding hydrogens is 152 g/mol. The van der Waals surface area contributed by atoms with Crippen molar-refractivity contribution in [2.24, 2.45) is 0 Å². The van der Waals surface area contributed by atoms with Crippen LogP contribution in [0.1, 0.15) is 17.9 Å². The van der Waals surface area contributed by atoms with E-state index < -0.39 is 0 Å². The van der Waals surface area contributed by atoms with Crippen LogP contribution in [0.2, 0.25) is 0 Å². The van der Waals surface area contributed by atoms with Crippen LogP contribution in [-0.4, -0.2) is 16.7 Å². The first-order valence-electron chi connectivity index (χ1n) is 3.79. The molecule has 3 heteroatoms. The van der Waals surface area contributed by atoms with Crippen LogP contribution < -0.4 is 0 Å². The van der Waals surface area contributed by atoms with Gasteiger partial charge in [0.05, 0.1) is 12.0 Å². The Morgan fingerprint density at radius 1 is 1.67 bits per heavy atom. The molecule has 0 bridgehead atoms. The smallest absolute Gasteiger partial charge is 0.0749 e. The van der Waals surface area contributed by atoms with Gasteiger partial charge in [-0.05, 0) is 18.1 Å². The zero-order valence-corrected chi connectivity index (χ0v) is 6.64. The lowest BCUT2D eigenvalue weighted by molar-refractivity contribution is 0.283. The van der Waals surface area contributed by atoms with E-state index in [4.69, 9.17) is 10.4 Å². The fourth-order valence-corrected chi connectivity index (χ4v) is 1.02. The molecule has 0 radical (unpaired) electrons. The topological polar surface area (TPSA) is 56.9 Å². The zero-order valence-electron chi connectivity index (χ0n) is 6.64. The minimum Gasteiger partial charge on any atom is -0.396 e.